The zero-order chi connectivity index (χ0) is 48.8. The van der Waals surface area contributed by atoms with Crippen LogP contribution in [-0.2, 0) is 56.8 Å². The van der Waals surface area contributed by atoms with E-state index in [1.54, 1.807) is 0 Å². The van der Waals surface area contributed by atoms with Gasteiger partial charge in [0.25, 0.3) is 0 Å². The lowest BCUT2D eigenvalue weighted by atomic mass is 9.93. The van der Waals surface area contributed by atoms with E-state index in [4.69, 9.17) is 56.8 Å². The van der Waals surface area contributed by atoms with Crippen molar-refractivity contribution >= 4 is 0 Å². The summed E-state index contributed by atoms with van der Waals surface area (Å²) >= 11 is 0. The summed E-state index contributed by atoms with van der Waals surface area (Å²) in [4.78, 5) is 0. The lowest BCUT2D eigenvalue weighted by Crippen LogP contribution is -2.68. The van der Waals surface area contributed by atoms with Gasteiger partial charge in [0.05, 0.1) is 45.2 Å². The molecule has 28 heteroatoms. The molecule has 0 spiro atoms. The summed E-state index contributed by atoms with van der Waals surface area (Å²) in [6.45, 7) is -1.01. The van der Waals surface area contributed by atoms with Gasteiger partial charge < -0.3 is 139 Å². The van der Waals surface area contributed by atoms with Crippen molar-refractivity contribution in [2.24, 2.45) is 5.92 Å². The highest BCUT2D eigenvalue weighted by Crippen LogP contribution is 2.38. The number of aliphatic hydroxyl groups is 16. The second-order valence-corrected chi connectivity index (χ2v) is 18.2. The van der Waals surface area contributed by atoms with Crippen molar-refractivity contribution in [1.82, 2.24) is 0 Å². The summed E-state index contributed by atoms with van der Waals surface area (Å²) in [5.41, 5.74) is 0. The Labute approximate surface area is 382 Å². The Balaban J connectivity index is 1.19. The van der Waals surface area contributed by atoms with Gasteiger partial charge in [0.15, 0.2) is 37.7 Å². The molecule has 22 aliphatic heterocycles. The molecule has 12 bridgehead atoms. The van der Waals surface area contributed by atoms with Crippen LogP contribution < -0.4 is 0 Å². The molecule has 22 aliphatic rings. The van der Waals surface area contributed by atoms with Gasteiger partial charge in [0.2, 0.25) is 0 Å². The van der Waals surface area contributed by atoms with Crippen LogP contribution in [-0.4, -0.2) is 293 Å². The van der Waals surface area contributed by atoms with Crippen LogP contribution in [0.2, 0.25) is 0 Å². The fourth-order valence-electron chi connectivity index (χ4n) is 9.44. The minimum absolute atomic E-state index is 0.131. The van der Waals surface area contributed by atoms with E-state index < -0.39 is 211 Å². The van der Waals surface area contributed by atoms with Crippen molar-refractivity contribution < 1.29 is 139 Å². The van der Waals surface area contributed by atoms with E-state index in [1.165, 1.54) is 0 Å². The Morgan fingerprint density at radius 2 is 0.567 bits per heavy atom. The van der Waals surface area contributed by atoms with Crippen molar-refractivity contribution in [3.63, 3.8) is 0 Å². The van der Waals surface area contributed by atoms with Gasteiger partial charge in [0, 0.05) is 6.42 Å². The molecule has 0 amide bonds. The molecular weight excluding hydrogens is 916 g/mol. The molecule has 0 saturated carbocycles. The van der Waals surface area contributed by atoms with Crippen LogP contribution >= 0.6 is 0 Å². The van der Waals surface area contributed by atoms with Crippen LogP contribution in [0.1, 0.15) is 26.7 Å². The lowest BCUT2D eigenvalue weighted by molar-refractivity contribution is -0.399. The summed E-state index contributed by atoms with van der Waals surface area (Å²) in [6, 6.07) is 0. The molecule has 29 atom stereocenters. The summed E-state index contributed by atoms with van der Waals surface area (Å²) in [6.07, 6.45) is -51.9. The molecule has 28 nitrogen and oxygen atoms in total. The van der Waals surface area contributed by atoms with Gasteiger partial charge in [0.1, 0.15) is 128 Å². The van der Waals surface area contributed by atoms with Crippen molar-refractivity contribution in [2.75, 3.05) is 33.0 Å². The number of rotatable bonds is 7. The molecule has 29 unspecified atom stereocenters. The largest absolute Gasteiger partial charge is 0.394 e. The van der Waals surface area contributed by atoms with Gasteiger partial charge in [-0.15, -0.1) is 0 Å². The predicted molar refractivity (Wildman–Crippen MR) is 207 cm³/mol. The number of hydrogen-bond acceptors (Lipinski definition) is 28. The van der Waals surface area contributed by atoms with E-state index in [0.29, 0.717) is 0 Å². The summed E-state index contributed by atoms with van der Waals surface area (Å²) < 4.78 is 69.8. The molecule has 390 valence electrons. The average Bonchev–Trinajstić information content (AvgIpc) is 3.30. The highest BCUT2D eigenvalue weighted by Gasteiger charge is 2.58. The second-order valence-electron chi connectivity index (χ2n) is 18.2. The molecule has 0 radical (unpaired) electrons. The topological polar surface area (TPSA) is 434 Å². The van der Waals surface area contributed by atoms with Crippen LogP contribution in [0.3, 0.4) is 0 Å². The standard InChI is InChI=1S/C39H66O28/c1-10(2)3-12-29-11(45)4-18(56-12)62-30-13(5-40)57-36(24(51)19(30)46)64-32-15(7-42)59-38(26(53)21(32)48)66-34-17(9-44)61-39(28(55)23(34)50)67-33-16(8-43)60-37(27(54)22(33)49)65-31-14(6-41)58-35(63-29)25(52)20(31)47/h10-55H,3-9H2,1-2H3. The first kappa shape index (κ1) is 53.7. The Bertz CT molecular complexity index is 1530. The molecule has 67 heavy (non-hydrogen) atoms. The third kappa shape index (κ3) is 11.0. The fraction of sp³-hybridized carbons (Fsp3) is 1.00. The molecule has 22 rings (SSSR count). The van der Waals surface area contributed by atoms with Crippen LogP contribution in [0, 0.1) is 5.92 Å². The Morgan fingerprint density at radius 3 is 0.821 bits per heavy atom. The second kappa shape index (κ2) is 22.7. The van der Waals surface area contributed by atoms with Gasteiger partial charge in [-0.2, -0.15) is 0 Å². The predicted octanol–water partition coefficient (Wildman–Crippen LogP) is -9.97. The van der Waals surface area contributed by atoms with E-state index in [9.17, 15) is 81.7 Å². The maximum absolute atomic E-state index is 11.5. The quantitative estimate of drug-likeness (QED) is 0.113. The minimum atomic E-state index is -2.12. The van der Waals surface area contributed by atoms with Crippen molar-refractivity contribution in [3.05, 3.63) is 0 Å². The summed E-state index contributed by atoms with van der Waals surface area (Å²) in [5, 5.41) is 176. The van der Waals surface area contributed by atoms with Crippen molar-refractivity contribution in [2.45, 2.75) is 205 Å². The zero-order valence-electron chi connectivity index (χ0n) is 36.3. The van der Waals surface area contributed by atoms with Crippen LogP contribution in [0.4, 0.5) is 0 Å². The minimum Gasteiger partial charge on any atom is -0.394 e. The van der Waals surface area contributed by atoms with Crippen LogP contribution in [0.25, 0.3) is 0 Å². The van der Waals surface area contributed by atoms with Crippen LogP contribution in [0.5, 0.6) is 0 Å². The first-order valence-corrected chi connectivity index (χ1v) is 22.2. The van der Waals surface area contributed by atoms with Gasteiger partial charge in [-0.25, -0.2) is 0 Å². The lowest BCUT2D eigenvalue weighted by Gasteiger charge is -2.50. The summed E-state index contributed by atoms with van der Waals surface area (Å²) in [7, 11) is 0. The molecule has 16 N–H and O–H groups in total. The molecule has 0 aromatic carbocycles. The van der Waals surface area contributed by atoms with E-state index in [2.05, 4.69) is 0 Å². The first-order chi connectivity index (χ1) is 31.8. The van der Waals surface area contributed by atoms with E-state index in [-0.39, 0.29) is 18.8 Å². The molecule has 22 fully saturated rings. The van der Waals surface area contributed by atoms with Gasteiger partial charge >= 0.3 is 0 Å². The maximum atomic E-state index is 11.5. The summed E-state index contributed by atoms with van der Waals surface area (Å²) in [5.74, 6) is -0.131. The molecule has 22 saturated heterocycles. The third-order valence-corrected chi connectivity index (χ3v) is 13.1. The highest BCUT2D eigenvalue weighted by molar-refractivity contribution is 5.00. The molecule has 0 aliphatic carbocycles. The molecule has 22 heterocycles. The first-order valence-electron chi connectivity index (χ1n) is 22.2. The molecule has 0 aromatic rings. The van der Waals surface area contributed by atoms with Crippen LogP contribution in [0.15, 0.2) is 0 Å². The molecule has 0 aromatic heterocycles. The fourth-order valence-corrected chi connectivity index (χ4v) is 9.44. The van der Waals surface area contributed by atoms with E-state index in [1.807, 2.05) is 13.8 Å². The smallest absolute Gasteiger partial charge is 0.187 e. The van der Waals surface area contributed by atoms with Gasteiger partial charge in [-0.05, 0) is 12.3 Å². The Kier molecular flexibility index (Phi) is 18.2. The Hall–Kier alpha value is -1.12. The van der Waals surface area contributed by atoms with E-state index >= 15 is 0 Å². The average molecular weight is 983 g/mol. The number of ether oxygens (including phenoxy) is 12. The maximum Gasteiger partial charge on any atom is 0.187 e. The monoisotopic (exact) mass is 982 g/mol. The highest BCUT2D eigenvalue weighted by atomic mass is 16.8. The van der Waals surface area contributed by atoms with E-state index in [0.717, 1.165) is 0 Å². The zero-order valence-corrected chi connectivity index (χ0v) is 36.3. The van der Waals surface area contributed by atoms with Gasteiger partial charge in [-0.1, -0.05) is 13.8 Å². The van der Waals surface area contributed by atoms with Gasteiger partial charge in [-0.3, -0.25) is 0 Å². The normalized spacial score (nSPS) is 53.7. The van der Waals surface area contributed by atoms with Crippen molar-refractivity contribution in [1.29, 1.82) is 0 Å². The third-order valence-electron chi connectivity index (χ3n) is 13.1. The number of aliphatic hydroxyl groups excluding tert-OH is 16. The SMILES string of the molecule is CC(C)CC1OC2CC(O)C1OC1OC(CO)C(OC3OC(CO)C(OC4OC(CO)C(OC5OC(CO)C(OC6OC(CO)C(O2)C(O)C6O)C(O)C5O)C(O)C4O)C(O)C3O)C(O)C1O. The number of hydrogen-bond donors (Lipinski definition) is 16. The van der Waals surface area contributed by atoms with Crippen molar-refractivity contribution in [3.8, 4) is 0 Å². The molecular formula is C39H66O28. The Morgan fingerprint density at radius 1 is 0.313 bits per heavy atom.